The number of hydrogen-bond donors (Lipinski definition) is 2. The van der Waals surface area contributed by atoms with Crippen LogP contribution in [0, 0.1) is 0 Å². The number of anilines is 1. The van der Waals surface area contributed by atoms with Crippen molar-refractivity contribution in [1.82, 2.24) is 9.03 Å². The van der Waals surface area contributed by atoms with Crippen molar-refractivity contribution in [2.24, 2.45) is 0 Å². The first-order chi connectivity index (χ1) is 10.4. The molecule has 0 heterocycles. The van der Waals surface area contributed by atoms with Crippen molar-refractivity contribution in [2.75, 3.05) is 19.4 Å². The molecule has 120 valence electrons. The van der Waals surface area contributed by atoms with E-state index in [1.54, 1.807) is 0 Å². The van der Waals surface area contributed by atoms with E-state index in [9.17, 15) is 13.2 Å². The molecule has 3 rings (SSSR count). The number of carbonyl (C=O) groups is 1. The summed E-state index contributed by atoms with van der Waals surface area (Å²) in [5, 5.41) is 2.80. The molecular formula is C15H21N3O3S. The van der Waals surface area contributed by atoms with Crippen LogP contribution in [0.25, 0.3) is 0 Å². The van der Waals surface area contributed by atoms with Gasteiger partial charge in [0.1, 0.15) is 0 Å². The maximum absolute atomic E-state index is 12.1. The number of amides is 2. The molecule has 2 aliphatic rings. The summed E-state index contributed by atoms with van der Waals surface area (Å²) in [7, 11) is -1.01. The lowest BCUT2D eigenvalue weighted by Gasteiger charge is -2.17. The van der Waals surface area contributed by atoms with Crippen LogP contribution in [0.15, 0.2) is 6.07 Å². The first kappa shape index (κ1) is 15.3. The third kappa shape index (κ3) is 2.70. The molecule has 0 aliphatic heterocycles. The smallest absolute Gasteiger partial charge is 0.307 e. The third-order valence-corrected chi connectivity index (χ3v) is 5.82. The molecule has 0 saturated carbocycles. The van der Waals surface area contributed by atoms with E-state index >= 15 is 0 Å². The Kier molecular flexibility index (Phi) is 3.86. The van der Waals surface area contributed by atoms with Gasteiger partial charge in [0.25, 0.3) is 0 Å². The first-order valence-electron chi connectivity index (χ1n) is 7.56. The monoisotopic (exact) mass is 323 g/mol. The van der Waals surface area contributed by atoms with E-state index in [1.165, 1.54) is 36.3 Å². The molecule has 0 saturated heterocycles. The Bertz CT molecular complexity index is 694. The van der Waals surface area contributed by atoms with Crippen LogP contribution in [0.3, 0.4) is 0 Å². The Morgan fingerprint density at radius 2 is 1.59 bits per heavy atom. The lowest BCUT2D eigenvalue weighted by Crippen LogP contribution is -2.41. The van der Waals surface area contributed by atoms with Crippen LogP contribution in [0.5, 0.6) is 0 Å². The van der Waals surface area contributed by atoms with Crippen molar-refractivity contribution in [1.29, 1.82) is 0 Å². The lowest BCUT2D eigenvalue weighted by atomic mass is 9.99. The highest BCUT2D eigenvalue weighted by Gasteiger charge is 2.26. The van der Waals surface area contributed by atoms with Gasteiger partial charge in [-0.1, -0.05) is 6.07 Å². The van der Waals surface area contributed by atoms with Crippen LogP contribution >= 0.6 is 0 Å². The fraction of sp³-hybridized carbons (Fsp3) is 0.533. The van der Waals surface area contributed by atoms with Crippen molar-refractivity contribution in [3.8, 4) is 0 Å². The highest BCUT2D eigenvalue weighted by molar-refractivity contribution is 7.87. The van der Waals surface area contributed by atoms with Crippen LogP contribution < -0.4 is 10.0 Å². The number of nitrogens with zero attached hydrogens (tertiary/aromatic N) is 1. The van der Waals surface area contributed by atoms with Crippen molar-refractivity contribution in [3.63, 3.8) is 0 Å². The van der Waals surface area contributed by atoms with E-state index in [4.69, 9.17) is 0 Å². The second-order valence-electron chi connectivity index (χ2n) is 6.08. The zero-order valence-electron chi connectivity index (χ0n) is 12.9. The molecule has 0 unspecified atom stereocenters. The molecule has 6 nitrogen and oxygen atoms in total. The normalized spacial score (nSPS) is 16.5. The summed E-state index contributed by atoms with van der Waals surface area (Å²) in [4.78, 5) is 12.1. The van der Waals surface area contributed by atoms with Crippen LogP contribution in [0.4, 0.5) is 10.5 Å². The molecule has 1 aromatic rings. The number of aryl methyl sites for hydroxylation is 2. The molecule has 1 aromatic carbocycles. The first-order valence-corrected chi connectivity index (χ1v) is 9.00. The Morgan fingerprint density at radius 3 is 2.09 bits per heavy atom. The highest BCUT2D eigenvalue weighted by Crippen LogP contribution is 2.38. The van der Waals surface area contributed by atoms with E-state index < -0.39 is 16.2 Å². The molecule has 2 aliphatic carbocycles. The molecule has 0 radical (unpaired) electrons. The average molecular weight is 323 g/mol. The number of urea groups is 1. The molecule has 0 bridgehead atoms. The largest absolute Gasteiger partial charge is 0.333 e. The standard InChI is InChI=1S/C15H21N3O3S/c1-18(2)22(20,21)17-15(19)16-14-12-7-3-5-10(12)9-11-6-4-8-13(11)14/h9H,3-8H2,1-2H3,(H2,16,17,19). The number of benzene rings is 1. The number of hydrogen-bond acceptors (Lipinski definition) is 3. The van der Waals surface area contributed by atoms with Gasteiger partial charge in [0.2, 0.25) is 0 Å². The molecule has 22 heavy (non-hydrogen) atoms. The predicted molar refractivity (Wildman–Crippen MR) is 85.3 cm³/mol. The molecule has 0 atom stereocenters. The topological polar surface area (TPSA) is 78.5 Å². The SMILES string of the molecule is CN(C)S(=O)(=O)NC(=O)Nc1c2c(cc3c1CCC3)CCC2. The highest BCUT2D eigenvalue weighted by atomic mass is 32.2. The summed E-state index contributed by atoms with van der Waals surface area (Å²) < 4.78 is 26.5. The molecule has 2 amide bonds. The second kappa shape index (κ2) is 5.55. The van der Waals surface area contributed by atoms with Crippen molar-refractivity contribution in [3.05, 3.63) is 28.3 Å². The van der Waals surface area contributed by atoms with Gasteiger partial charge in [-0.15, -0.1) is 0 Å². The van der Waals surface area contributed by atoms with Crippen LogP contribution in [0.1, 0.15) is 35.1 Å². The fourth-order valence-electron chi connectivity index (χ4n) is 3.31. The summed E-state index contributed by atoms with van der Waals surface area (Å²) in [5.41, 5.74) is 5.79. The second-order valence-corrected chi connectivity index (χ2v) is 7.96. The summed E-state index contributed by atoms with van der Waals surface area (Å²) in [5.74, 6) is 0. The van der Waals surface area contributed by atoms with Crippen LogP contribution in [-0.4, -0.2) is 32.8 Å². The maximum atomic E-state index is 12.1. The summed E-state index contributed by atoms with van der Waals surface area (Å²) in [6.07, 6.45) is 6.14. The van der Waals surface area contributed by atoms with E-state index in [1.807, 2.05) is 4.72 Å². The minimum absolute atomic E-state index is 0.692. The van der Waals surface area contributed by atoms with E-state index in [0.717, 1.165) is 48.5 Å². The number of fused-ring (bicyclic) bond motifs is 2. The number of carbonyl (C=O) groups excluding carboxylic acids is 1. The van der Waals surface area contributed by atoms with Gasteiger partial charge in [-0.3, -0.25) is 0 Å². The van der Waals surface area contributed by atoms with Gasteiger partial charge in [0, 0.05) is 19.8 Å². The summed E-state index contributed by atoms with van der Waals surface area (Å²) in [6, 6.07) is 1.58. The molecular weight excluding hydrogens is 302 g/mol. The van der Waals surface area contributed by atoms with Crippen molar-refractivity contribution in [2.45, 2.75) is 38.5 Å². The van der Waals surface area contributed by atoms with E-state index in [0.29, 0.717) is 0 Å². The zero-order valence-corrected chi connectivity index (χ0v) is 13.7. The third-order valence-electron chi connectivity index (χ3n) is 4.41. The van der Waals surface area contributed by atoms with Crippen LogP contribution in [-0.2, 0) is 35.9 Å². The zero-order chi connectivity index (χ0) is 15.9. The Labute approximate surface area is 131 Å². The lowest BCUT2D eigenvalue weighted by molar-refractivity contribution is 0.256. The van der Waals surface area contributed by atoms with Gasteiger partial charge in [-0.2, -0.15) is 12.7 Å². The molecule has 2 N–H and O–H groups in total. The maximum Gasteiger partial charge on any atom is 0.333 e. The Morgan fingerprint density at radius 1 is 1.05 bits per heavy atom. The summed E-state index contributed by atoms with van der Waals surface area (Å²) >= 11 is 0. The minimum atomic E-state index is -3.77. The molecule has 0 fully saturated rings. The molecule has 0 aromatic heterocycles. The average Bonchev–Trinajstić information content (AvgIpc) is 3.05. The van der Waals surface area contributed by atoms with Crippen molar-refractivity contribution >= 4 is 21.9 Å². The quantitative estimate of drug-likeness (QED) is 0.887. The Balaban J connectivity index is 1.89. The van der Waals surface area contributed by atoms with Gasteiger partial charge in [0.05, 0.1) is 0 Å². The molecule has 7 heteroatoms. The van der Waals surface area contributed by atoms with Gasteiger partial charge in [-0.25, -0.2) is 9.52 Å². The molecule has 0 spiro atoms. The van der Waals surface area contributed by atoms with Gasteiger partial charge in [0.15, 0.2) is 0 Å². The van der Waals surface area contributed by atoms with E-state index in [-0.39, 0.29) is 0 Å². The minimum Gasteiger partial charge on any atom is -0.307 e. The summed E-state index contributed by atoms with van der Waals surface area (Å²) in [6.45, 7) is 0. The van der Waals surface area contributed by atoms with Gasteiger partial charge >= 0.3 is 16.2 Å². The van der Waals surface area contributed by atoms with E-state index in [2.05, 4.69) is 11.4 Å². The Hall–Kier alpha value is -1.60. The van der Waals surface area contributed by atoms with Crippen LogP contribution in [0.2, 0.25) is 0 Å². The number of rotatable bonds is 3. The van der Waals surface area contributed by atoms with Gasteiger partial charge in [-0.05, 0) is 60.8 Å². The predicted octanol–water partition coefficient (Wildman–Crippen LogP) is 1.59. The number of nitrogens with one attached hydrogen (secondary N) is 2. The van der Waals surface area contributed by atoms with Crippen molar-refractivity contribution < 1.29 is 13.2 Å². The van der Waals surface area contributed by atoms with Gasteiger partial charge < -0.3 is 5.32 Å². The fourth-order valence-corrected chi connectivity index (χ4v) is 3.78.